The first-order valence-electron chi connectivity index (χ1n) is 14.9. The lowest BCUT2D eigenvalue weighted by atomic mass is 9.79. The average molecular weight is 501 g/mol. The van der Waals surface area contributed by atoms with Gasteiger partial charge in [0.1, 0.15) is 0 Å². The largest absolute Gasteiger partial charge is 0.396 e. The van der Waals surface area contributed by atoms with Crippen molar-refractivity contribution in [3.63, 3.8) is 0 Å². The summed E-state index contributed by atoms with van der Waals surface area (Å²) in [5.74, 6) is 1.38. The van der Waals surface area contributed by atoms with E-state index in [1.807, 2.05) is 27.7 Å². The van der Waals surface area contributed by atoms with Gasteiger partial charge in [-0.15, -0.1) is 0 Å². The van der Waals surface area contributed by atoms with Gasteiger partial charge in [-0.05, 0) is 73.6 Å². The molecule has 36 heavy (non-hydrogen) atoms. The van der Waals surface area contributed by atoms with Gasteiger partial charge in [0.05, 0.1) is 5.69 Å². The van der Waals surface area contributed by atoms with Gasteiger partial charge >= 0.3 is 0 Å². The van der Waals surface area contributed by atoms with Gasteiger partial charge in [0.25, 0.3) is 0 Å². The Hall–Kier alpha value is -1.74. The molecule has 2 aromatic heterocycles. The molecule has 0 bridgehead atoms. The van der Waals surface area contributed by atoms with Crippen LogP contribution in [-0.4, -0.2) is 21.7 Å². The van der Waals surface area contributed by atoms with E-state index in [-0.39, 0.29) is 6.61 Å². The van der Waals surface area contributed by atoms with Crippen LogP contribution in [0.4, 0.5) is 0 Å². The smallest absolute Gasteiger partial charge is 0.0755 e. The van der Waals surface area contributed by atoms with Crippen molar-refractivity contribution in [3.05, 3.63) is 46.4 Å². The first kappa shape index (κ1) is 36.4. The van der Waals surface area contributed by atoms with Crippen molar-refractivity contribution in [3.8, 4) is 11.3 Å². The third kappa shape index (κ3) is 10.7. The van der Waals surface area contributed by atoms with Crippen molar-refractivity contribution >= 4 is 0 Å². The molecule has 2 aromatic rings. The lowest BCUT2D eigenvalue weighted by Crippen LogP contribution is -2.16. The summed E-state index contributed by atoms with van der Waals surface area (Å²) in [5.41, 5.74) is 8.35. The van der Waals surface area contributed by atoms with Gasteiger partial charge in [0, 0.05) is 29.3 Å². The fraction of sp³-hybridized carbons (Fsp3) is 0.697. The SMILES string of the molecule is CC.CC.CCC.CCc1cc(C(CC)[C@@H](CC)CCO)c(C)nc1-c1ccc(C(C)C)nc1CC. The number of pyridine rings is 2. The molecule has 0 fully saturated rings. The Bertz CT molecular complexity index is 814. The van der Waals surface area contributed by atoms with Crippen molar-refractivity contribution in [2.45, 2.75) is 140 Å². The van der Waals surface area contributed by atoms with E-state index in [1.54, 1.807) is 0 Å². The Morgan fingerprint density at radius 3 is 1.83 bits per heavy atom. The highest BCUT2D eigenvalue weighted by Gasteiger charge is 2.24. The zero-order valence-electron chi connectivity index (χ0n) is 26.3. The summed E-state index contributed by atoms with van der Waals surface area (Å²) < 4.78 is 0. The summed E-state index contributed by atoms with van der Waals surface area (Å²) >= 11 is 0. The molecule has 2 heterocycles. The minimum absolute atomic E-state index is 0.258. The molecule has 0 aliphatic carbocycles. The fourth-order valence-corrected chi connectivity index (χ4v) is 4.53. The number of aryl methyl sites for hydroxylation is 3. The Kier molecular flexibility index (Phi) is 21.6. The summed E-state index contributed by atoms with van der Waals surface area (Å²) in [6, 6.07) is 6.77. The summed E-state index contributed by atoms with van der Waals surface area (Å²) in [5, 5.41) is 9.52. The molecule has 2 atom stereocenters. The van der Waals surface area contributed by atoms with Crippen LogP contribution in [0, 0.1) is 12.8 Å². The molecule has 0 aromatic carbocycles. The van der Waals surface area contributed by atoms with Crippen molar-refractivity contribution in [1.29, 1.82) is 0 Å². The van der Waals surface area contributed by atoms with Gasteiger partial charge in [-0.3, -0.25) is 9.97 Å². The Morgan fingerprint density at radius 1 is 0.833 bits per heavy atom. The first-order chi connectivity index (χ1) is 17.3. The van der Waals surface area contributed by atoms with Gasteiger partial charge in [-0.2, -0.15) is 0 Å². The second-order valence-electron chi connectivity index (χ2n) is 9.17. The van der Waals surface area contributed by atoms with Crippen molar-refractivity contribution in [1.82, 2.24) is 9.97 Å². The number of nitrogens with zero attached hydrogens (tertiary/aromatic N) is 2. The topological polar surface area (TPSA) is 46.0 Å². The van der Waals surface area contributed by atoms with E-state index in [9.17, 15) is 5.11 Å². The predicted molar refractivity (Wildman–Crippen MR) is 162 cm³/mol. The molecule has 0 spiro atoms. The molecule has 0 aliphatic heterocycles. The maximum absolute atomic E-state index is 9.52. The van der Waals surface area contributed by atoms with Crippen LogP contribution in [0.25, 0.3) is 11.3 Å². The second kappa shape index (κ2) is 21.4. The van der Waals surface area contributed by atoms with E-state index in [1.165, 1.54) is 23.1 Å². The number of hydrogen-bond donors (Lipinski definition) is 1. The maximum atomic E-state index is 9.52. The van der Waals surface area contributed by atoms with Crippen LogP contribution in [0.15, 0.2) is 18.2 Å². The molecule has 0 aliphatic rings. The van der Waals surface area contributed by atoms with Gasteiger partial charge < -0.3 is 5.11 Å². The predicted octanol–water partition coefficient (Wildman–Crippen LogP) is 10.1. The summed E-state index contributed by atoms with van der Waals surface area (Å²) in [6.45, 7) is 27.9. The minimum atomic E-state index is 0.258. The number of aliphatic hydroxyl groups is 1. The molecule has 0 radical (unpaired) electrons. The van der Waals surface area contributed by atoms with E-state index in [4.69, 9.17) is 9.97 Å². The Balaban J connectivity index is 0. The monoisotopic (exact) mass is 500 g/mol. The van der Waals surface area contributed by atoms with Gasteiger partial charge in [0.2, 0.25) is 0 Å². The summed E-state index contributed by atoms with van der Waals surface area (Å²) in [6.07, 6.45) is 6.14. The van der Waals surface area contributed by atoms with E-state index in [2.05, 4.69) is 80.5 Å². The van der Waals surface area contributed by atoms with Crippen LogP contribution in [0.1, 0.15) is 149 Å². The van der Waals surface area contributed by atoms with Crippen LogP contribution >= 0.6 is 0 Å². The van der Waals surface area contributed by atoms with E-state index in [0.29, 0.717) is 17.8 Å². The quantitative estimate of drug-likeness (QED) is 0.353. The van der Waals surface area contributed by atoms with Gasteiger partial charge in [-0.25, -0.2) is 0 Å². The van der Waals surface area contributed by atoms with Crippen molar-refractivity contribution in [2.75, 3.05) is 6.61 Å². The van der Waals surface area contributed by atoms with Crippen molar-refractivity contribution in [2.24, 2.45) is 5.92 Å². The number of aromatic nitrogens is 2. The molecular formula is C33H60N2O. The highest BCUT2D eigenvalue weighted by Crippen LogP contribution is 2.37. The number of hydrogen-bond acceptors (Lipinski definition) is 3. The molecule has 0 amide bonds. The lowest BCUT2D eigenvalue weighted by Gasteiger charge is -2.27. The Labute approximate surface area is 225 Å². The zero-order valence-corrected chi connectivity index (χ0v) is 26.3. The molecule has 3 nitrogen and oxygen atoms in total. The third-order valence-corrected chi connectivity index (χ3v) is 6.32. The fourth-order valence-electron chi connectivity index (χ4n) is 4.53. The van der Waals surface area contributed by atoms with Gasteiger partial charge in [-0.1, -0.05) is 102 Å². The zero-order chi connectivity index (χ0) is 28.3. The number of aliphatic hydroxyl groups excluding tert-OH is 1. The van der Waals surface area contributed by atoms with E-state index >= 15 is 0 Å². The average Bonchev–Trinajstić information content (AvgIpc) is 2.91. The molecule has 0 saturated carbocycles. The molecular weight excluding hydrogens is 440 g/mol. The molecule has 208 valence electrons. The first-order valence-corrected chi connectivity index (χ1v) is 14.9. The summed E-state index contributed by atoms with van der Waals surface area (Å²) in [7, 11) is 0. The highest BCUT2D eigenvalue weighted by molar-refractivity contribution is 5.67. The lowest BCUT2D eigenvalue weighted by molar-refractivity contribution is 0.236. The number of rotatable bonds is 10. The van der Waals surface area contributed by atoms with Gasteiger partial charge in [0.15, 0.2) is 0 Å². The third-order valence-electron chi connectivity index (χ3n) is 6.32. The minimum Gasteiger partial charge on any atom is -0.396 e. The van der Waals surface area contributed by atoms with Crippen LogP contribution < -0.4 is 0 Å². The van der Waals surface area contributed by atoms with Crippen LogP contribution in [-0.2, 0) is 12.8 Å². The standard InChI is InChI=1S/C26H40N2O.C3H8.2C2H6/c1-8-19(14-15-29)21(10-3)23-16-20(9-2)26(27-18(23)7)22-12-13-25(17(5)6)28-24(22)11-4;1-3-2;2*1-2/h12-13,16-17,19,21,29H,8-11,14-15H2,1-7H3;3H2,1-2H3;2*1-2H3/t19-,21?;;;/m0.../s1. The Morgan fingerprint density at radius 2 is 1.42 bits per heavy atom. The second-order valence-corrected chi connectivity index (χ2v) is 9.17. The normalized spacial score (nSPS) is 11.9. The molecule has 0 saturated heterocycles. The maximum Gasteiger partial charge on any atom is 0.0755 e. The molecule has 2 rings (SSSR count). The molecule has 3 heteroatoms. The highest BCUT2D eigenvalue weighted by atomic mass is 16.3. The molecule has 1 unspecified atom stereocenters. The van der Waals surface area contributed by atoms with Crippen molar-refractivity contribution < 1.29 is 5.11 Å². The molecule has 1 N–H and O–H groups in total. The van der Waals surface area contributed by atoms with Crippen LogP contribution in [0.2, 0.25) is 0 Å². The van der Waals surface area contributed by atoms with Crippen LogP contribution in [0.3, 0.4) is 0 Å². The van der Waals surface area contributed by atoms with Crippen LogP contribution in [0.5, 0.6) is 0 Å². The summed E-state index contributed by atoms with van der Waals surface area (Å²) in [4.78, 5) is 10.1. The van der Waals surface area contributed by atoms with E-state index < -0.39 is 0 Å². The van der Waals surface area contributed by atoms with E-state index in [0.717, 1.165) is 54.9 Å².